The first kappa shape index (κ1) is 17.6. The fourth-order valence-electron chi connectivity index (χ4n) is 2.51. The second-order valence-electron chi connectivity index (χ2n) is 6.13. The van der Waals surface area contributed by atoms with Gasteiger partial charge in [0.2, 0.25) is 5.91 Å². The zero-order valence-electron chi connectivity index (χ0n) is 14.5. The third kappa shape index (κ3) is 5.14. The third-order valence-electron chi connectivity index (χ3n) is 3.90. The number of pyridine rings is 1. The number of amides is 1. The Kier molecular flexibility index (Phi) is 5.59. The molecule has 0 saturated carbocycles. The van der Waals surface area contributed by atoms with Crippen LogP contribution in [-0.2, 0) is 17.8 Å². The molecule has 1 heterocycles. The minimum atomic E-state index is -0.346. The average molecular weight is 349 g/mol. The van der Waals surface area contributed by atoms with E-state index in [4.69, 9.17) is 0 Å². The molecule has 1 aromatic heterocycles. The van der Waals surface area contributed by atoms with E-state index in [1.54, 1.807) is 24.4 Å². The normalized spacial score (nSPS) is 10.4. The standard InChI is InChI=1S/C21H20FN3O/c1-15-5-7-16(8-6-15)13-23-20-10-9-19(14-24-20)25-21(26)12-17-3-2-4-18(22)11-17/h2-11,14H,12-13H2,1H3,(H,23,24)(H,25,26). The van der Waals surface area contributed by atoms with E-state index in [0.717, 1.165) is 5.82 Å². The highest BCUT2D eigenvalue weighted by atomic mass is 19.1. The molecule has 0 radical (unpaired) electrons. The number of rotatable bonds is 6. The van der Waals surface area contributed by atoms with Crippen molar-refractivity contribution in [3.05, 3.63) is 89.4 Å². The minimum Gasteiger partial charge on any atom is -0.366 e. The van der Waals surface area contributed by atoms with Gasteiger partial charge in [0.25, 0.3) is 0 Å². The lowest BCUT2D eigenvalue weighted by molar-refractivity contribution is -0.115. The SMILES string of the molecule is Cc1ccc(CNc2ccc(NC(=O)Cc3cccc(F)c3)cn2)cc1. The van der Waals surface area contributed by atoms with Gasteiger partial charge in [0, 0.05) is 6.54 Å². The Morgan fingerprint density at radius 2 is 1.85 bits per heavy atom. The van der Waals surface area contributed by atoms with Gasteiger partial charge in [-0.25, -0.2) is 9.37 Å². The van der Waals surface area contributed by atoms with Crippen molar-refractivity contribution < 1.29 is 9.18 Å². The van der Waals surface area contributed by atoms with Crippen LogP contribution in [0, 0.1) is 12.7 Å². The number of hydrogen-bond donors (Lipinski definition) is 2. The van der Waals surface area contributed by atoms with E-state index in [1.807, 2.05) is 6.07 Å². The molecular formula is C21H20FN3O. The topological polar surface area (TPSA) is 54.0 Å². The molecule has 0 aliphatic carbocycles. The van der Waals surface area contributed by atoms with Crippen LogP contribution in [0.1, 0.15) is 16.7 Å². The highest BCUT2D eigenvalue weighted by Crippen LogP contribution is 2.12. The molecule has 3 rings (SSSR count). The lowest BCUT2D eigenvalue weighted by Gasteiger charge is -2.08. The highest BCUT2D eigenvalue weighted by molar-refractivity contribution is 5.92. The van der Waals surface area contributed by atoms with Crippen LogP contribution in [0.2, 0.25) is 0 Å². The van der Waals surface area contributed by atoms with Crippen molar-refractivity contribution in [2.45, 2.75) is 19.9 Å². The molecule has 0 aliphatic heterocycles. The summed E-state index contributed by atoms with van der Waals surface area (Å²) in [6.45, 7) is 2.73. The van der Waals surface area contributed by atoms with E-state index in [1.165, 1.54) is 23.3 Å². The molecule has 0 fully saturated rings. The van der Waals surface area contributed by atoms with Gasteiger partial charge < -0.3 is 10.6 Å². The summed E-state index contributed by atoms with van der Waals surface area (Å²) in [5.74, 6) is 0.174. The van der Waals surface area contributed by atoms with E-state index >= 15 is 0 Å². The maximum absolute atomic E-state index is 13.2. The monoisotopic (exact) mass is 349 g/mol. The van der Waals surface area contributed by atoms with E-state index in [9.17, 15) is 9.18 Å². The number of aryl methyl sites for hydroxylation is 1. The number of nitrogens with one attached hydrogen (secondary N) is 2. The number of hydrogen-bond acceptors (Lipinski definition) is 3. The Morgan fingerprint density at radius 1 is 1.04 bits per heavy atom. The number of halogens is 1. The third-order valence-corrected chi connectivity index (χ3v) is 3.90. The van der Waals surface area contributed by atoms with Crippen LogP contribution in [0.5, 0.6) is 0 Å². The second kappa shape index (κ2) is 8.25. The van der Waals surface area contributed by atoms with Gasteiger partial charge in [0.05, 0.1) is 18.3 Å². The van der Waals surface area contributed by atoms with Gasteiger partial charge in [-0.05, 0) is 42.3 Å². The summed E-state index contributed by atoms with van der Waals surface area (Å²) in [6, 6.07) is 17.9. The van der Waals surface area contributed by atoms with Crippen LogP contribution in [0.3, 0.4) is 0 Å². The van der Waals surface area contributed by atoms with Crippen LogP contribution >= 0.6 is 0 Å². The van der Waals surface area contributed by atoms with Crippen LogP contribution in [0.4, 0.5) is 15.9 Å². The maximum Gasteiger partial charge on any atom is 0.228 e. The van der Waals surface area contributed by atoms with E-state index in [-0.39, 0.29) is 18.1 Å². The van der Waals surface area contributed by atoms with E-state index in [2.05, 4.69) is 46.8 Å². The highest BCUT2D eigenvalue weighted by Gasteiger charge is 2.05. The summed E-state index contributed by atoms with van der Waals surface area (Å²) >= 11 is 0. The zero-order valence-corrected chi connectivity index (χ0v) is 14.5. The molecule has 5 heteroatoms. The van der Waals surface area contributed by atoms with Crippen molar-refractivity contribution in [3.8, 4) is 0 Å². The van der Waals surface area contributed by atoms with Gasteiger partial charge in [-0.3, -0.25) is 4.79 Å². The van der Waals surface area contributed by atoms with Crippen LogP contribution < -0.4 is 10.6 Å². The Morgan fingerprint density at radius 3 is 2.54 bits per heavy atom. The van der Waals surface area contributed by atoms with Gasteiger partial charge in [-0.1, -0.05) is 42.0 Å². The molecule has 0 atom stereocenters. The molecule has 0 unspecified atom stereocenters. The lowest BCUT2D eigenvalue weighted by Crippen LogP contribution is -2.14. The predicted octanol–water partition coefficient (Wildman–Crippen LogP) is 4.32. The van der Waals surface area contributed by atoms with Crippen molar-refractivity contribution in [2.75, 3.05) is 10.6 Å². The average Bonchev–Trinajstić information content (AvgIpc) is 2.62. The first-order valence-corrected chi connectivity index (χ1v) is 8.38. The maximum atomic E-state index is 13.2. The summed E-state index contributed by atoms with van der Waals surface area (Å²) in [5, 5.41) is 6.01. The number of anilines is 2. The molecule has 2 aromatic carbocycles. The summed E-state index contributed by atoms with van der Waals surface area (Å²) in [5.41, 5.74) is 3.63. The zero-order chi connectivity index (χ0) is 18.4. The lowest BCUT2D eigenvalue weighted by atomic mass is 10.1. The Hall–Kier alpha value is -3.21. The molecule has 132 valence electrons. The minimum absolute atomic E-state index is 0.116. The molecule has 0 saturated heterocycles. The smallest absolute Gasteiger partial charge is 0.228 e. The number of nitrogens with zero attached hydrogens (tertiary/aromatic N) is 1. The van der Waals surface area contributed by atoms with Crippen LogP contribution in [-0.4, -0.2) is 10.9 Å². The van der Waals surface area contributed by atoms with Crippen molar-refractivity contribution >= 4 is 17.4 Å². The molecule has 3 aromatic rings. The van der Waals surface area contributed by atoms with Crippen LogP contribution in [0.15, 0.2) is 66.9 Å². The van der Waals surface area contributed by atoms with Gasteiger partial charge in [0.15, 0.2) is 0 Å². The van der Waals surface area contributed by atoms with Gasteiger partial charge >= 0.3 is 0 Å². The van der Waals surface area contributed by atoms with E-state index in [0.29, 0.717) is 17.8 Å². The van der Waals surface area contributed by atoms with Crippen molar-refractivity contribution in [2.24, 2.45) is 0 Å². The largest absolute Gasteiger partial charge is 0.366 e. The van der Waals surface area contributed by atoms with Gasteiger partial charge in [0.1, 0.15) is 11.6 Å². The van der Waals surface area contributed by atoms with E-state index < -0.39 is 0 Å². The summed E-state index contributed by atoms with van der Waals surface area (Å²) in [6.07, 6.45) is 1.71. The summed E-state index contributed by atoms with van der Waals surface area (Å²) < 4.78 is 13.2. The molecule has 0 bridgehead atoms. The number of carbonyl (C=O) groups is 1. The number of carbonyl (C=O) groups excluding carboxylic acids is 1. The first-order chi connectivity index (χ1) is 12.6. The molecule has 4 nitrogen and oxygen atoms in total. The fourth-order valence-corrected chi connectivity index (χ4v) is 2.51. The van der Waals surface area contributed by atoms with Gasteiger partial charge in [-0.15, -0.1) is 0 Å². The quantitative estimate of drug-likeness (QED) is 0.697. The summed E-state index contributed by atoms with van der Waals surface area (Å²) in [7, 11) is 0. The first-order valence-electron chi connectivity index (χ1n) is 8.38. The molecule has 0 spiro atoms. The van der Waals surface area contributed by atoms with Crippen molar-refractivity contribution in [3.63, 3.8) is 0 Å². The number of benzene rings is 2. The van der Waals surface area contributed by atoms with Crippen molar-refractivity contribution in [1.29, 1.82) is 0 Å². The Balaban J connectivity index is 1.52. The van der Waals surface area contributed by atoms with Crippen molar-refractivity contribution in [1.82, 2.24) is 4.98 Å². The fraction of sp³-hybridized carbons (Fsp3) is 0.143. The molecule has 26 heavy (non-hydrogen) atoms. The summed E-state index contributed by atoms with van der Waals surface area (Å²) in [4.78, 5) is 16.3. The Bertz CT molecular complexity index is 877. The van der Waals surface area contributed by atoms with Crippen LogP contribution in [0.25, 0.3) is 0 Å². The predicted molar refractivity (Wildman–Crippen MR) is 101 cm³/mol. The molecule has 0 aliphatic rings. The number of aromatic nitrogens is 1. The molecular weight excluding hydrogens is 329 g/mol. The molecule has 1 amide bonds. The van der Waals surface area contributed by atoms with Gasteiger partial charge in [-0.2, -0.15) is 0 Å². The molecule has 2 N–H and O–H groups in total. The Labute approximate surface area is 152 Å². The second-order valence-corrected chi connectivity index (χ2v) is 6.13.